The van der Waals surface area contributed by atoms with Crippen molar-refractivity contribution in [2.75, 3.05) is 5.48 Å². The number of hydrogen-bond acceptors (Lipinski definition) is 4. The summed E-state index contributed by atoms with van der Waals surface area (Å²) in [5.41, 5.74) is 3.98. The molecule has 0 heterocycles. The summed E-state index contributed by atoms with van der Waals surface area (Å²) >= 11 is 5.77. The summed E-state index contributed by atoms with van der Waals surface area (Å²) in [6, 6.07) is 5.11. The number of benzene rings is 1. The van der Waals surface area contributed by atoms with Gasteiger partial charge in [-0.1, -0.05) is 11.6 Å². The van der Waals surface area contributed by atoms with Crippen molar-refractivity contribution in [3.8, 4) is 0 Å². The summed E-state index contributed by atoms with van der Waals surface area (Å²) in [4.78, 5) is 26.4. The maximum absolute atomic E-state index is 11.1. The summed E-state index contributed by atoms with van der Waals surface area (Å²) in [5.74, 6) is -0.846. The molecule has 0 aliphatic heterocycles. The van der Waals surface area contributed by atoms with Crippen LogP contribution in [0.3, 0.4) is 0 Å². The van der Waals surface area contributed by atoms with Gasteiger partial charge in [-0.05, 0) is 37.6 Å². The second-order valence-electron chi connectivity index (χ2n) is 3.41. The van der Waals surface area contributed by atoms with Crippen LogP contribution in [0.25, 0.3) is 0 Å². The Balaban J connectivity index is 2.54. The lowest BCUT2D eigenvalue weighted by Crippen LogP contribution is -2.13. The summed E-state index contributed by atoms with van der Waals surface area (Å²) in [6.07, 6.45) is -0.236. The van der Waals surface area contributed by atoms with Gasteiger partial charge in [-0.25, -0.2) is 10.3 Å². The first-order valence-electron chi connectivity index (χ1n) is 4.70. The van der Waals surface area contributed by atoms with E-state index in [9.17, 15) is 9.59 Å². The van der Waals surface area contributed by atoms with E-state index in [1.165, 1.54) is 6.92 Å². The molecule has 0 amide bonds. The molecular weight excluding hydrogens is 230 g/mol. The Bertz CT molecular complexity index is 418. The van der Waals surface area contributed by atoms with Gasteiger partial charge in [0, 0.05) is 5.02 Å². The Morgan fingerprint density at radius 1 is 1.44 bits per heavy atom. The number of anilines is 1. The van der Waals surface area contributed by atoms with Crippen molar-refractivity contribution < 1.29 is 14.4 Å². The highest BCUT2D eigenvalue weighted by Gasteiger charge is 2.07. The van der Waals surface area contributed by atoms with Crippen molar-refractivity contribution in [2.45, 2.75) is 20.3 Å². The van der Waals surface area contributed by atoms with Gasteiger partial charge in [0.1, 0.15) is 12.2 Å². The minimum absolute atomic E-state index is 0.236. The van der Waals surface area contributed by atoms with Gasteiger partial charge in [-0.3, -0.25) is 4.79 Å². The number of hydrogen-bond donors (Lipinski definition) is 1. The molecule has 0 fully saturated rings. The summed E-state index contributed by atoms with van der Waals surface area (Å²) in [5, 5.41) is 0.609. The van der Waals surface area contributed by atoms with Gasteiger partial charge in [0.25, 0.3) is 0 Å². The smallest absolute Gasteiger partial charge is 0.339 e. The van der Waals surface area contributed by atoms with Crippen molar-refractivity contribution in [2.24, 2.45) is 0 Å². The molecular formula is C11H12ClNO3. The molecule has 0 saturated heterocycles. The van der Waals surface area contributed by atoms with Gasteiger partial charge in [0.15, 0.2) is 0 Å². The van der Waals surface area contributed by atoms with E-state index in [0.717, 1.165) is 5.56 Å². The molecule has 1 aromatic carbocycles. The highest BCUT2D eigenvalue weighted by Crippen LogP contribution is 2.19. The molecule has 0 atom stereocenters. The predicted molar refractivity (Wildman–Crippen MR) is 61.2 cm³/mol. The van der Waals surface area contributed by atoms with Crippen LogP contribution >= 0.6 is 11.6 Å². The minimum atomic E-state index is -0.609. The van der Waals surface area contributed by atoms with Gasteiger partial charge in [0.05, 0.1) is 5.69 Å². The first-order valence-corrected chi connectivity index (χ1v) is 5.08. The quantitative estimate of drug-likeness (QED) is 0.650. The molecule has 4 nitrogen and oxygen atoms in total. The summed E-state index contributed by atoms with van der Waals surface area (Å²) in [6.45, 7) is 3.15. The lowest BCUT2D eigenvalue weighted by molar-refractivity contribution is -0.143. The zero-order valence-corrected chi connectivity index (χ0v) is 9.80. The van der Waals surface area contributed by atoms with E-state index in [-0.39, 0.29) is 12.2 Å². The molecule has 1 aromatic rings. The lowest BCUT2D eigenvalue weighted by atomic mass is 10.2. The van der Waals surface area contributed by atoms with Gasteiger partial charge in [-0.2, -0.15) is 0 Å². The highest BCUT2D eigenvalue weighted by molar-refractivity contribution is 6.30. The summed E-state index contributed by atoms with van der Waals surface area (Å²) < 4.78 is 0. The highest BCUT2D eigenvalue weighted by atomic mass is 35.5. The second-order valence-corrected chi connectivity index (χ2v) is 3.85. The Labute approximate surface area is 98.5 Å². The van der Waals surface area contributed by atoms with Crippen molar-refractivity contribution in [1.82, 2.24) is 0 Å². The van der Waals surface area contributed by atoms with Gasteiger partial charge < -0.3 is 4.84 Å². The molecule has 0 aromatic heterocycles. The molecule has 0 unspecified atom stereocenters. The molecule has 0 saturated carbocycles. The maximum atomic E-state index is 11.1. The fraction of sp³-hybridized carbons (Fsp3) is 0.273. The molecule has 5 heteroatoms. The molecule has 0 aliphatic rings. The van der Waals surface area contributed by atoms with E-state index >= 15 is 0 Å². The van der Waals surface area contributed by atoms with E-state index < -0.39 is 5.97 Å². The predicted octanol–water partition coefficient (Wildman–Crippen LogP) is 2.50. The number of aryl methyl sites for hydroxylation is 1. The third kappa shape index (κ3) is 3.90. The summed E-state index contributed by atoms with van der Waals surface area (Å²) in [7, 11) is 0. The zero-order valence-electron chi connectivity index (χ0n) is 9.04. The van der Waals surface area contributed by atoms with Crippen LogP contribution in [0.1, 0.15) is 18.9 Å². The molecule has 16 heavy (non-hydrogen) atoms. The van der Waals surface area contributed by atoms with Crippen molar-refractivity contribution in [3.63, 3.8) is 0 Å². The van der Waals surface area contributed by atoms with E-state index in [1.807, 2.05) is 6.92 Å². The zero-order chi connectivity index (χ0) is 12.1. The number of carbonyl (C=O) groups is 2. The monoisotopic (exact) mass is 241 g/mol. The fourth-order valence-corrected chi connectivity index (χ4v) is 1.32. The maximum Gasteiger partial charge on any atom is 0.339 e. The van der Waals surface area contributed by atoms with E-state index in [0.29, 0.717) is 10.7 Å². The number of ketones is 1. The number of Topliss-reactive ketones (excluding diaryl/α,β-unsaturated/α-hetero) is 1. The molecule has 0 aliphatic carbocycles. The minimum Gasteiger partial charge on any atom is -0.343 e. The third-order valence-electron chi connectivity index (χ3n) is 1.86. The third-order valence-corrected chi connectivity index (χ3v) is 2.09. The SMILES string of the molecule is CC(=O)CC(=O)ONc1ccc(Cl)cc1C. The Kier molecular flexibility index (Phi) is 4.31. The van der Waals surface area contributed by atoms with Gasteiger partial charge in [-0.15, -0.1) is 0 Å². The molecule has 0 spiro atoms. The van der Waals surface area contributed by atoms with Crippen molar-refractivity contribution >= 4 is 29.0 Å². The van der Waals surface area contributed by atoms with Crippen LogP contribution in [0.5, 0.6) is 0 Å². The first kappa shape index (κ1) is 12.5. The molecule has 0 bridgehead atoms. The molecule has 1 N–H and O–H groups in total. The van der Waals surface area contributed by atoms with Crippen molar-refractivity contribution in [3.05, 3.63) is 28.8 Å². The van der Waals surface area contributed by atoms with Crippen LogP contribution in [-0.4, -0.2) is 11.8 Å². The largest absolute Gasteiger partial charge is 0.343 e. The van der Waals surface area contributed by atoms with Crippen LogP contribution in [0.15, 0.2) is 18.2 Å². The Morgan fingerprint density at radius 3 is 2.69 bits per heavy atom. The first-order chi connectivity index (χ1) is 7.49. The average Bonchev–Trinajstić information content (AvgIpc) is 2.15. The Morgan fingerprint density at radius 2 is 2.12 bits per heavy atom. The average molecular weight is 242 g/mol. The van der Waals surface area contributed by atoms with Gasteiger partial charge >= 0.3 is 5.97 Å². The van der Waals surface area contributed by atoms with Crippen LogP contribution in [0.4, 0.5) is 5.69 Å². The lowest BCUT2D eigenvalue weighted by Gasteiger charge is -2.08. The second kappa shape index (κ2) is 5.51. The van der Waals surface area contributed by atoms with Crippen molar-refractivity contribution in [1.29, 1.82) is 0 Å². The van der Waals surface area contributed by atoms with Crippen LogP contribution in [0.2, 0.25) is 5.02 Å². The number of nitrogens with one attached hydrogen (secondary N) is 1. The Hall–Kier alpha value is -1.55. The number of halogens is 1. The number of carbonyl (C=O) groups excluding carboxylic acids is 2. The topological polar surface area (TPSA) is 55.4 Å². The standard InChI is InChI=1S/C11H12ClNO3/c1-7-5-9(12)3-4-10(7)13-16-11(15)6-8(2)14/h3-5,13H,6H2,1-2H3. The molecule has 86 valence electrons. The van der Waals surface area contributed by atoms with Gasteiger partial charge in [0.2, 0.25) is 0 Å². The van der Waals surface area contributed by atoms with Crippen LogP contribution in [-0.2, 0) is 14.4 Å². The van der Waals surface area contributed by atoms with E-state index in [1.54, 1.807) is 18.2 Å². The van der Waals surface area contributed by atoms with E-state index in [2.05, 4.69) is 5.48 Å². The van der Waals surface area contributed by atoms with Crippen LogP contribution < -0.4 is 5.48 Å². The molecule has 0 radical (unpaired) electrons. The van der Waals surface area contributed by atoms with E-state index in [4.69, 9.17) is 16.4 Å². The fourth-order valence-electron chi connectivity index (χ4n) is 1.09. The number of rotatable bonds is 4. The molecule has 1 rings (SSSR count). The van der Waals surface area contributed by atoms with Crippen LogP contribution in [0, 0.1) is 6.92 Å². The normalized spacial score (nSPS) is 9.69.